The van der Waals surface area contributed by atoms with Crippen LogP contribution in [0.15, 0.2) is 42.5 Å². The summed E-state index contributed by atoms with van der Waals surface area (Å²) in [7, 11) is 1.47. The average molecular weight is 354 g/mol. The van der Waals surface area contributed by atoms with Crippen LogP contribution in [0.4, 0.5) is 4.39 Å². The van der Waals surface area contributed by atoms with E-state index in [9.17, 15) is 9.18 Å². The number of aryl methyl sites for hydroxylation is 1. The first-order chi connectivity index (χ1) is 12.6. The lowest BCUT2D eigenvalue weighted by Crippen LogP contribution is -2.35. The van der Waals surface area contributed by atoms with Gasteiger partial charge in [-0.25, -0.2) is 4.39 Å². The van der Waals surface area contributed by atoms with Gasteiger partial charge in [-0.05, 0) is 36.1 Å². The number of amides is 1. The molecular formula is C21H23FN2O2. The van der Waals surface area contributed by atoms with E-state index in [0.29, 0.717) is 18.4 Å². The van der Waals surface area contributed by atoms with Gasteiger partial charge in [0.1, 0.15) is 17.1 Å². The molecule has 2 saturated heterocycles. The molecule has 0 aliphatic carbocycles. The van der Waals surface area contributed by atoms with Gasteiger partial charge in [0.25, 0.3) is 5.91 Å². The number of benzene rings is 2. The fourth-order valence-corrected chi connectivity index (χ4v) is 4.47. The lowest BCUT2D eigenvalue weighted by atomic mass is 9.87. The summed E-state index contributed by atoms with van der Waals surface area (Å²) in [5, 5.41) is 3.44. The minimum Gasteiger partial charge on any atom is -0.496 e. The van der Waals surface area contributed by atoms with Crippen molar-refractivity contribution < 1.29 is 13.9 Å². The fraction of sp³-hybridized carbons (Fsp3) is 0.381. The molecule has 1 amide bonds. The third-order valence-corrected chi connectivity index (χ3v) is 5.74. The van der Waals surface area contributed by atoms with Crippen molar-refractivity contribution in [2.24, 2.45) is 11.8 Å². The molecule has 1 N–H and O–H groups in total. The molecule has 26 heavy (non-hydrogen) atoms. The highest BCUT2D eigenvalue weighted by Crippen LogP contribution is 2.44. The summed E-state index contributed by atoms with van der Waals surface area (Å²) in [4.78, 5) is 15.2. The molecule has 0 radical (unpaired) electrons. The van der Waals surface area contributed by atoms with E-state index in [1.165, 1.54) is 13.2 Å². The number of likely N-dealkylation sites (tertiary alicyclic amines) is 1. The Balaban J connectivity index is 1.77. The summed E-state index contributed by atoms with van der Waals surface area (Å²) in [6.07, 6.45) is 0. The summed E-state index contributed by atoms with van der Waals surface area (Å²) in [6, 6.07) is 12.6. The zero-order valence-corrected chi connectivity index (χ0v) is 15.0. The van der Waals surface area contributed by atoms with Crippen molar-refractivity contribution in [1.82, 2.24) is 10.2 Å². The molecule has 0 bridgehead atoms. The van der Waals surface area contributed by atoms with Gasteiger partial charge in [-0.3, -0.25) is 4.79 Å². The summed E-state index contributed by atoms with van der Waals surface area (Å²) in [5.74, 6) is 0.198. The molecule has 3 atom stereocenters. The minimum absolute atomic E-state index is 0.0292. The standard InChI is InChI=1S/C21H23FN2O2/c1-13-6-3-4-7-15(13)20-16-11-23-10-14(16)12-24(20)21(25)19-17(22)8-5-9-18(19)26-2/h3-9,14,16,20,23H,10-12H2,1-2H3/t14-,16-,20+/m0/s1. The maximum absolute atomic E-state index is 14.5. The quantitative estimate of drug-likeness (QED) is 0.921. The second kappa shape index (κ2) is 6.72. The van der Waals surface area contributed by atoms with Gasteiger partial charge in [0.05, 0.1) is 13.2 Å². The number of rotatable bonds is 3. The minimum atomic E-state index is -0.534. The molecule has 2 heterocycles. The van der Waals surface area contributed by atoms with Gasteiger partial charge in [-0.2, -0.15) is 0 Å². The van der Waals surface area contributed by atoms with Crippen molar-refractivity contribution in [3.8, 4) is 5.75 Å². The van der Waals surface area contributed by atoms with Crippen LogP contribution in [0, 0.1) is 24.6 Å². The zero-order chi connectivity index (χ0) is 18.3. The Bertz CT molecular complexity index is 839. The fourth-order valence-electron chi connectivity index (χ4n) is 4.47. The Hall–Kier alpha value is -2.40. The smallest absolute Gasteiger partial charge is 0.261 e. The maximum atomic E-state index is 14.5. The van der Waals surface area contributed by atoms with Crippen molar-refractivity contribution in [1.29, 1.82) is 0 Å². The Morgan fingerprint density at radius 1 is 1.19 bits per heavy atom. The van der Waals surface area contributed by atoms with Gasteiger partial charge < -0.3 is 15.0 Å². The number of ether oxygens (including phenoxy) is 1. The third kappa shape index (κ3) is 2.67. The van der Waals surface area contributed by atoms with Crippen molar-refractivity contribution in [3.63, 3.8) is 0 Å². The van der Waals surface area contributed by atoms with Crippen molar-refractivity contribution >= 4 is 5.91 Å². The van der Waals surface area contributed by atoms with Crippen LogP contribution >= 0.6 is 0 Å². The second-order valence-corrected chi connectivity index (χ2v) is 7.16. The number of hydrogen-bond acceptors (Lipinski definition) is 3. The molecular weight excluding hydrogens is 331 g/mol. The lowest BCUT2D eigenvalue weighted by molar-refractivity contribution is 0.0705. The van der Waals surface area contributed by atoms with Crippen LogP contribution in [0.25, 0.3) is 0 Å². The van der Waals surface area contributed by atoms with Crippen LogP contribution in [-0.2, 0) is 0 Å². The van der Waals surface area contributed by atoms with E-state index >= 15 is 0 Å². The van der Waals surface area contributed by atoms with E-state index < -0.39 is 5.82 Å². The first-order valence-electron chi connectivity index (χ1n) is 9.01. The molecule has 4 rings (SSSR count). The first kappa shape index (κ1) is 17.0. The van der Waals surface area contributed by atoms with Crippen LogP contribution in [0.3, 0.4) is 0 Å². The van der Waals surface area contributed by atoms with E-state index in [1.54, 1.807) is 12.1 Å². The molecule has 2 aliphatic rings. The molecule has 0 unspecified atom stereocenters. The van der Waals surface area contributed by atoms with Gasteiger partial charge >= 0.3 is 0 Å². The normalized spacial score (nSPS) is 24.6. The van der Waals surface area contributed by atoms with Crippen LogP contribution in [-0.4, -0.2) is 37.6 Å². The molecule has 0 saturated carbocycles. The van der Waals surface area contributed by atoms with Crippen LogP contribution in [0.1, 0.15) is 27.5 Å². The van der Waals surface area contributed by atoms with E-state index in [-0.39, 0.29) is 23.3 Å². The number of carbonyl (C=O) groups excluding carboxylic acids is 1. The summed E-state index contributed by atoms with van der Waals surface area (Å²) >= 11 is 0. The highest BCUT2D eigenvalue weighted by atomic mass is 19.1. The van der Waals surface area contributed by atoms with E-state index in [4.69, 9.17) is 4.74 Å². The Morgan fingerprint density at radius 3 is 2.77 bits per heavy atom. The molecule has 5 heteroatoms. The van der Waals surface area contributed by atoms with Crippen molar-refractivity contribution in [3.05, 3.63) is 65.0 Å². The number of methoxy groups -OCH3 is 1. The first-order valence-corrected chi connectivity index (χ1v) is 9.01. The van der Waals surface area contributed by atoms with E-state index in [0.717, 1.165) is 24.2 Å². The number of hydrogen-bond donors (Lipinski definition) is 1. The van der Waals surface area contributed by atoms with Crippen LogP contribution in [0.5, 0.6) is 5.75 Å². The number of nitrogens with zero attached hydrogens (tertiary/aromatic N) is 1. The molecule has 0 aromatic heterocycles. The Labute approximate surface area is 153 Å². The van der Waals surface area contributed by atoms with Gasteiger partial charge in [0, 0.05) is 25.6 Å². The van der Waals surface area contributed by atoms with Gasteiger partial charge in [0.2, 0.25) is 0 Å². The summed E-state index contributed by atoms with van der Waals surface area (Å²) in [5.41, 5.74) is 2.33. The number of carbonyl (C=O) groups is 1. The van der Waals surface area contributed by atoms with E-state index in [2.05, 4.69) is 24.4 Å². The topological polar surface area (TPSA) is 41.6 Å². The largest absolute Gasteiger partial charge is 0.496 e. The monoisotopic (exact) mass is 354 g/mol. The molecule has 4 nitrogen and oxygen atoms in total. The lowest BCUT2D eigenvalue weighted by Gasteiger charge is -2.30. The SMILES string of the molecule is COc1cccc(F)c1C(=O)N1C[C@@H]2CNC[C@@H]2[C@H]1c1ccccc1C. The summed E-state index contributed by atoms with van der Waals surface area (Å²) in [6.45, 7) is 4.47. The number of nitrogens with one attached hydrogen (secondary N) is 1. The van der Waals surface area contributed by atoms with Gasteiger partial charge in [-0.15, -0.1) is 0 Å². The van der Waals surface area contributed by atoms with Crippen molar-refractivity contribution in [2.45, 2.75) is 13.0 Å². The number of halogens is 1. The molecule has 136 valence electrons. The predicted molar refractivity (Wildman–Crippen MR) is 97.8 cm³/mol. The Morgan fingerprint density at radius 2 is 2.00 bits per heavy atom. The highest BCUT2D eigenvalue weighted by molar-refractivity contribution is 5.97. The average Bonchev–Trinajstić information content (AvgIpc) is 3.22. The molecule has 0 spiro atoms. The predicted octanol–water partition coefficient (Wildman–Crippen LogP) is 3.18. The third-order valence-electron chi connectivity index (χ3n) is 5.74. The molecule has 2 aromatic carbocycles. The Kier molecular flexibility index (Phi) is 4.41. The van der Waals surface area contributed by atoms with Gasteiger partial charge in [-0.1, -0.05) is 30.3 Å². The zero-order valence-electron chi connectivity index (χ0n) is 15.0. The van der Waals surface area contributed by atoms with Gasteiger partial charge in [0.15, 0.2) is 0 Å². The van der Waals surface area contributed by atoms with Crippen LogP contribution < -0.4 is 10.1 Å². The van der Waals surface area contributed by atoms with Crippen LogP contribution in [0.2, 0.25) is 0 Å². The van der Waals surface area contributed by atoms with E-state index in [1.807, 2.05) is 17.0 Å². The second-order valence-electron chi connectivity index (χ2n) is 7.16. The van der Waals surface area contributed by atoms with Crippen molar-refractivity contribution in [2.75, 3.05) is 26.7 Å². The number of fused-ring (bicyclic) bond motifs is 1. The summed E-state index contributed by atoms with van der Waals surface area (Å²) < 4.78 is 19.8. The maximum Gasteiger partial charge on any atom is 0.261 e. The molecule has 2 aliphatic heterocycles. The molecule has 2 aromatic rings. The highest BCUT2D eigenvalue weighted by Gasteiger charge is 2.47. The molecule has 2 fully saturated rings.